The predicted octanol–water partition coefficient (Wildman–Crippen LogP) is 4.91. The van der Waals surface area contributed by atoms with E-state index in [0.29, 0.717) is 83.5 Å². The van der Waals surface area contributed by atoms with Gasteiger partial charge in [0.25, 0.3) is 0 Å². The zero-order chi connectivity index (χ0) is 54.4. The number of fused-ring (bicyclic) bond motifs is 13. The maximum atomic E-state index is 14.5. The molecule has 14 saturated heterocycles. The van der Waals surface area contributed by atoms with Crippen LogP contribution in [-0.4, -0.2) is 197 Å². The Bertz CT molecular complexity index is 2290. The number of esters is 1. The van der Waals surface area contributed by atoms with Crippen molar-refractivity contribution in [1.82, 2.24) is 0 Å². The van der Waals surface area contributed by atoms with Gasteiger partial charge in [0.1, 0.15) is 18.3 Å². The maximum absolute atomic E-state index is 14.5. The number of ether oxygens (including phenoxy) is 14. The third kappa shape index (κ3) is 10.2. The summed E-state index contributed by atoms with van der Waals surface area (Å²) in [5.41, 5.74) is 2.11. The molecule has 3 unspecified atom stereocenters. The Kier molecular flexibility index (Phi) is 14.7. The van der Waals surface area contributed by atoms with Gasteiger partial charge in [0.15, 0.2) is 17.4 Å². The molecule has 14 fully saturated rings. The lowest BCUT2D eigenvalue weighted by Gasteiger charge is -2.50. The van der Waals surface area contributed by atoms with Gasteiger partial charge in [0, 0.05) is 76.5 Å². The summed E-state index contributed by atoms with van der Waals surface area (Å²) in [5, 5.41) is 41.7. The van der Waals surface area contributed by atoms with Gasteiger partial charge in [-0.3, -0.25) is 4.79 Å². The van der Waals surface area contributed by atoms with E-state index in [2.05, 4.69) is 40.9 Å². The molecule has 19 heteroatoms. The molecule has 0 aromatic rings. The van der Waals surface area contributed by atoms with E-state index in [1.54, 1.807) is 0 Å². The van der Waals surface area contributed by atoms with E-state index in [1.165, 1.54) is 0 Å². The third-order valence-electron chi connectivity index (χ3n) is 21.6. The Morgan fingerprint density at radius 3 is 2.03 bits per heavy atom. The molecule has 10 bridgehead atoms. The highest BCUT2D eigenvalue weighted by atomic mass is 16.8. The lowest BCUT2D eigenvalue weighted by atomic mass is 9.79. The zero-order valence-electron chi connectivity index (χ0n) is 46.6. The fraction of sp³-hybridized carbons (Fsp3) is 0.917. The van der Waals surface area contributed by atoms with Crippen molar-refractivity contribution in [3.63, 3.8) is 0 Å². The lowest BCUT2D eigenvalue weighted by molar-refractivity contribution is -0.347. The summed E-state index contributed by atoms with van der Waals surface area (Å²) in [7, 11) is 0. The molecule has 0 aromatic carbocycles. The molecule has 19 nitrogen and oxygen atoms in total. The van der Waals surface area contributed by atoms with E-state index in [9.17, 15) is 25.2 Å². The Morgan fingerprint density at radius 1 is 0.532 bits per heavy atom. The minimum absolute atomic E-state index is 0.0291. The average Bonchev–Trinajstić information content (AvgIpc) is 4.18. The lowest BCUT2D eigenvalue weighted by Crippen LogP contribution is -2.61. The van der Waals surface area contributed by atoms with Gasteiger partial charge in [0.05, 0.1) is 141 Å². The Hall–Kier alpha value is -1.73. The van der Waals surface area contributed by atoms with E-state index < -0.39 is 78.9 Å². The summed E-state index contributed by atoms with van der Waals surface area (Å²) in [5.74, 6) is -2.98. The summed E-state index contributed by atoms with van der Waals surface area (Å²) in [6.45, 7) is 17.3. The molecule has 0 aliphatic carbocycles. The van der Waals surface area contributed by atoms with Crippen molar-refractivity contribution in [2.24, 2.45) is 23.7 Å². The topological polar surface area (TPSA) is 227 Å². The van der Waals surface area contributed by atoms with E-state index in [1.807, 2.05) is 0 Å². The van der Waals surface area contributed by atoms with Crippen LogP contribution < -0.4 is 0 Å². The van der Waals surface area contributed by atoms with Gasteiger partial charge < -0.3 is 86.7 Å². The first-order valence-electron chi connectivity index (χ1n) is 30.8. The fourth-order valence-corrected chi connectivity index (χ4v) is 17.7. The minimum Gasteiger partial charge on any atom is -0.459 e. The minimum atomic E-state index is -1.02. The Labute approximate surface area is 464 Å². The van der Waals surface area contributed by atoms with Crippen LogP contribution in [0.1, 0.15) is 150 Å². The van der Waals surface area contributed by atoms with E-state index >= 15 is 0 Å². The number of carbonyl (C=O) groups excluding carboxylic acids is 1. The Morgan fingerprint density at radius 2 is 1.19 bits per heavy atom. The van der Waals surface area contributed by atoms with Gasteiger partial charge >= 0.3 is 5.97 Å². The number of aliphatic hydroxyl groups is 4. The number of hydrogen-bond donors (Lipinski definition) is 4. The molecule has 442 valence electrons. The normalized spacial score (nSPS) is 55.9. The first-order chi connectivity index (χ1) is 37.9. The van der Waals surface area contributed by atoms with Crippen LogP contribution in [0.25, 0.3) is 0 Å². The molecular weight excluding hydrogens is 1020 g/mol. The highest BCUT2D eigenvalue weighted by Crippen LogP contribution is 2.57. The molecule has 14 aliphatic heterocycles. The van der Waals surface area contributed by atoms with Crippen LogP contribution in [0.4, 0.5) is 0 Å². The van der Waals surface area contributed by atoms with Crippen molar-refractivity contribution in [2.75, 3.05) is 6.61 Å². The van der Waals surface area contributed by atoms with Crippen LogP contribution >= 0.6 is 0 Å². The molecule has 14 aliphatic rings. The molecule has 0 amide bonds. The first-order valence-corrected chi connectivity index (χ1v) is 30.8. The van der Waals surface area contributed by atoms with Crippen molar-refractivity contribution < 1.29 is 91.5 Å². The number of carbonyl (C=O) groups is 1. The number of hydrogen-bond acceptors (Lipinski definition) is 19. The summed E-state index contributed by atoms with van der Waals surface area (Å²) < 4.78 is 96.3. The van der Waals surface area contributed by atoms with Gasteiger partial charge in [-0.2, -0.15) is 0 Å². The second-order valence-corrected chi connectivity index (χ2v) is 27.4. The van der Waals surface area contributed by atoms with Crippen molar-refractivity contribution in [2.45, 2.75) is 314 Å². The molecule has 0 saturated carbocycles. The van der Waals surface area contributed by atoms with Gasteiger partial charge in [-0.15, -0.1) is 0 Å². The van der Waals surface area contributed by atoms with Crippen molar-refractivity contribution in [3.05, 3.63) is 24.3 Å². The van der Waals surface area contributed by atoms with Crippen LogP contribution in [0.15, 0.2) is 24.3 Å². The molecule has 4 N–H and O–H groups in total. The van der Waals surface area contributed by atoms with Crippen molar-refractivity contribution in [1.29, 1.82) is 0 Å². The number of rotatable bonds is 4. The van der Waals surface area contributed by atoms with Crippen LogP contribution in [0.2, 0.25) is 0 Å². The largest absolute Gasteiger partial charge is 0.459 e. The number of aliphatic hydroxyl groups excluding tert-OH is 4. The Balaban J connectivity index is 0.682. The summed E-state index contributed by atoms with van der Waals surface area (Å²) in [4.78, 5) is 14.5. The first kappa shape index (κ1) is 55.2. The molecule has 31 atom stereocenters. The van der Waals surface area contributed by atoms with Gasteiger partial charge in [-0.1, -0.05) is 40.9 Å². The van der Waals surface area contributed by atoms with Gasteiger partial charge in [0.2, 0.25) is 0 Å². The second kappa shape index (κ2) is 21.1. The average molecular weight is 1110 g/mol. The molecule has 79 heavy (non-hydrogen) atoms. The second-order valence-electron chi connectivity index (χ2n) is 27.4. The van der Waals surface area contributed by atoms with Crippen LogP contribution in [0, 0.1) is 23.7 Å². The zero-order valence-corrected chi connectivity index (χ0v) is 46.6. The maximum Gasteiger partial charge on any atom is 0.308 e. The quantitative estimate of drug-likeness (QED) is 0.217. The monoisotopic (exact) mass is 1110 g/mol. The van der Waals surface area contributed by atoms with E-state index in [0.717, 1.165) is 36.8 Å². The predicted molar refractivity (Wildman–Crippen MR) is 276 cm³/mol. The fourth-order valence-electron chi connectivity index (χ4n) is 17.7. The summed E-state index contributed by atoms with van der Waals surface area (Å²) in [6.07, 6.45) is 1.18. The van der Waals surface area contributed by atoms with Crippen LogP contribution in [-0.2, 0) is 71.1 Å². The molecule has 14 heterocycles. The smallest absolute Gasteiger partial charge is 0.308 e. The highest BCUT2D eigenvalue weighted by Gasteiger charge is 2.66. The summed E-state index contributed by atoms with van der Waals surface area (Å²) in [6, 6.07) is 0. The van der Waals surface area contributed by atoms with E-state index in [-0.39, 0.29) is 134 Å². The SMILES string of the molecule is C=C1C[C@@H]2CC[C@]34C[C@H](O)[C@@H](O3)[C@H]3C[C@@H](O4)[C@H]4O[C@H](CC[C@@H]4O3)CC(=O)O[C@@H]3[C@@H](C)[C@@H]4O[C@@H]5C[C@]6(C[C@@H]7O[C@]8(C[C@H](C)[C@@H]9O[C@H](C(O)CC(O)CO)C[C@@H]9O8)C[C@H](C)[C@@H]7O6)O[C@@H]5C[C@@H]4O[C@H]3C[C@H]3O[C@@H](CCC1O2)C[C@@H](C)C3=C. The molecule has 3 spiro atoms. The van der Waals surface area contributed by atoms with E-state index in [4.69, 9.17) is 66.3 Å². The van der Waals surface area contributed by atoms with Crippen molar-refractivity contribution >= 4 is 5.97 Å². The molecular formula is C60H88O19. The molecule has 14 rings (SSSR count). The van der Waals surface area contributed by atoms with Crippen LogP contribution in [0.5, 0.6) is 0 Å². The highest BCUT2D eigenvalue weighted by molar-refractivity contribution is 5.70. The molecule has 0 aromatic heterocycles. The summed E-state index contributed by atoms with van der Waals surface area (Å²) >= 11 is 0. The molecule has 0 radical (unpaired) electrons. The standard InChI is InChI=1S/C60H88O19/c1-27-13-34-7-9-39-28(2)14-36(66-39)11-12-58-23-38(64)56(79-58)46-20-48(75-58)57-40(69-46)10-8-35(68-57)16-51(65)73-55-32(6)54-45(70-44(55)17-41(67-34)31(27)5)19-43-49(72-54)24-60(74-43)25-50-53(78-60)30(4)22-59(77-50)21-29(3)52-47(76-59)18-42(71-52)37(63)15-33(62)26-61/h27,29-30,32-50,52-57,61-64H,2,5,7-26H2,1,3-4,6H3/t27-,29+,30+,32+,33?,34+,35-,36+,37?,38+,39?,40+,41-,42+,43-,44+,45+,46-,47+,48-,49-,50+,52+,53+,54+,55-,56-,57+,58-,59-,60+/m1/s1. The van der Waals surface area contributed by atoms with Crippen molar-refractivity contribution in [3.8, 4) is 0 Å². The van der Waals surface area contributed by atoms with Gasteiger partial charge in [-0.05, 0) is 73.8 Å². The van der Waals surface area contributed by atoms with Crippen LogP contribution in [0.3, 0.4) is 0 Å². The van der Waals surface area contributed by atoms with Gasteiger partial charge in [-0.25, -0.2) is 0 Å². The third-order valence-corrected chi connectivity index (χ3v) is 21.6.